The molecule has 174 valence electrons. The van der Waals surface area contributed by atoms with Crippen LogP contribution in [0.4, 0.5) is 11.4 Å². The molecule has 9 heteroatoms. The number of nitrogens with one attached hydrogen (secondary N) is 2. The molecule has 0 saturated carbocycles. The van der Waals surface area contributed by atoms with Crippen LogP contribution in [0.2, 0.25) is 0 Å². The molecule has 0 radical (unpaired) electrons. The molecule has 33 heavy (non-hydrogen) atoms. The maximum Gasteiger partial charge on any atom is 0.313 e. The summed E-state index contributed by atoms with van der Waals surface area (Å²) in [6.45, 7) is 2.23. The predicted octanol–water partition coefficient (Wildman–Crippen LogP) is 2.40. The third-order valence-corrected chi connectivity index (χ3v) is 6.17. The van der Waals surface area contributed by atoms with Crippen LogP contribution in [0.25, 0.3) is 0 Å². The Morgan fingerprint density at radius 1 is 1.03 bits per heavy atom. The van der Waals surface area contributed by atoms with Crippen molar-refractivity contribution in [2.45, 2.75) is 32.1 Å². The smallest absolute Gasteiger partial charge is 0.313 e. The summed E-state index contributed by atoms with van der Waals surface area (Å²) >= 11 is 0. The Morgan fingerprint density at radius 3 is 2.58 bits per heavy atom. The fraction of sp³-hybridized carbons (Fsp3) is 0.417. The molecule has 2 saturated heterocycles. The first-order valence-electron chi connectivity index (χ1n) is 11.3. The molecule has 2 aliphatic rings. The van der Waals surface area contributed by atoms with E-state index in [1.807, 2.05) is 6.07 Å². The van der Waals surface area contributed by atoms with E-state index in [9.17, 15) is 19.2 Å². The summed E-state index contributed by atoms with van der Waals surface area (Å²) in [6.07, 6.45) is 6.77. The van der Waals surface area contributed by atoms with Gasteiger partial charge in [-0.15, -0.1) is 0 Å². The zero-order valence-electron chi connectivity index (χ0n) is 18.4. The highest BCUT2D eigenvalue weighted by atomic mass is 16.3. The minimum Gasteiger partial charge on any atom is -0.472 e. The number of hydrogen-bond donors (Lipinski definition) is 2. The normalized spacial score (nSPS) is 17.0. The van der Waals surface area contributed by atoms with Gasteiger partial charge in [0.05, 0.1) is 11.8 Å². The topological polar surface area (TPSA) is 112 Å². The Balaban J connectivity index is 1.23. The van der Waals surface area contributed by atoms with E-state index < -0.39 is 11.8 Å². The van der Waals surface area contributed by atoms with Crippen LogP contribution in [0.15, 0.2) is 47.3 Å². The van der Waals surface area contributed by atoms with E-state index >= 15 is 0 Å². The SMILES string of the molecule is O=C(NCC1CCN(C(=O)c2ccoc2)CC1)C(=O)Nc1cccc(N2CCCCC2=O)c1. The number of benzene rings is 1. The van der Waals surface area contributed by atoms with E-state index in [1.54, 1.807) is 34.1 Å². The van der Waals surface area contributed by atoms with Gasteiger partial charge in [-0.05, 0) is 55.9 Å². The third-order valence-electron chi connectivity index (χ3n) is 6.17. The van der Waals surface area contributed by atoms with E-state index in [0.717, 1.165) is 31.4 Å². The van der Waals surface area contributed by atoms with Gasteiger partial charge in [-0.2, -0.15) is 0 Å². The van der Waals surface area contributed by atoms with E-state index in [4.69, 9.17) is 4.42 Å². The molecule has 2 N–H and O–H groups in total. The van der Waals surface area contributed by atoms with Crippen molar-refractivity contribution < 1.29 is 23.6 Å². The summed E-state index contributed by atoms with van der Waals surface area (Å²) < 4.78 is 4.97. The van der Waals surface area contributed by atoms with E-state index in [2.05, 4.69) is 10.6 Å². The molecule has 4 rings (SSSR count). The number of anilines is 2. The zero-order chi connectivity index (χ0) is 23.2. The number of nitrogens with zero attached hydrogens (tertiary/aromatic N) is 2. The second kappa shape index (κ2) is 10.3. The minimum atomic E-state index is -0.746. The van der Waals surface area contributed by atoms with Crippen LogP contribution in [-0.4, -0.2) is 54.7 Å². The zero-order valence-corrected chi connectivity index (χ0v) is 18.4. The Hall–Kier alpha value is -3.62. The molecule has 3 heterocycles. The Kier molecular flexibility index (Phi) is 7.07. The largest absolute Gasteiger partial charge is 0.472 e. The van der Waals surface area contributed by atoms with Crippen LogP contribution < -0.4 is 15.5 Å². The lowest BCUT2D eigenvalue weighted by Gasteiger charge is -2.31. The van der Waals surface area contributed by atoms with Gasteiger partial charge < -0.3 is 24.9 Å². The molecule has 2 fully saturated rings. The van der Waals surface area contributed by atoms with E-state index in [1.165, 1.54) is 12.5 Å². The molecule has 0 atom stereocenters. The minimum absolute atomic E-state index is 0.0564. The second-order valence-corrected chi connectivity index (χ2v) is 8.46. The molecule has 9 nitrogen and oxygen atoms in total. The summed E-state index contributed by atoms with van der Waals surface area (Å²) in [5.41, 5.74) is 1.72. The van der Waals surface area contributed by atoms with Crippen LogP contribution >= 0.6 is 0 Å². The number of likely N-dealkylation sites (tertiary alicyclic amines) is 1. The van der Waals surface area contributed by atoms with Crippen molar-refractivity contribution in [3.63, 3.8) is 0 Å². The maximum atomic E-state index is 12.4. The van der Waals surface area contributed by atoms with E-state index in [-0.39, 0.29) is 17.7 Å². The number of piperidine rings is 2. The summed E-state index contributed by atoms with van der Waals surface area (Å²) in [5, 5.41) is 5.31. The molecule has 2 aromatic rings. The number of amides is 4. The van der Waals surface area contributed by atoms with Crippen LogP contribution in [0, 0.1) is 5.92 Å². The molecule has 1 aromatic heterocycles. The van der Waals surface area contributed by atoms with Gasteiger partial charge in [0.25, 0.3) is 5.91 Å². The lowest BCUT2D eigenvalue weighted by molar-refractivity contribution is -0.136. The molecule has 0 aliphatic carbocycles. The predicted molar refractivity (Wildman–Crippen MR) is 122 cm³/mol. The van der Waals surface area contributed by atoms with Gasteiger partial charge in [0.2, 0.25) is 5.91 Å². The standard InChI is InChI=1S/C24H28N4O5/c29-21-6-1-2-10-28(21)20-5-3-4-19(14-20)26-23(31)22(30)25-15-17-7-11-27(12-8-17)24(32)18-9-13-33-16-18/h3-5,9,13-14,16-17H,1-2,6-8,10-12,15H2,(H,25,30)(H,26,31). The van der Waals surface area contributed by atoms with Gasteiger partial charge in [0.15, 0.2) is 0 Å². The highest BCUT2D eigenvalue weighted by Crippen LogP contribution is 2.24. The maximum absolute atomic E-state index is 12.4. The number of furan rings is 1. The van der Waals surface area contributed by atoms with Crippen LogP contribution in [-0.2, 0) is 14.4 Å². The summed E-state index contributed by atoms with van der Waals surface area (Å²) in [7, 11) is 0. The monoisotopic (exact) mass is 452 g/mol. The summed E-state index contributed by atoms with van der Waals surface area (Å²) in [5.74, 6) is -1.24. The Morgan fingerprint density at radius 2 is 1.85 bits per heavy atom. The number of rotatable bonds is 5. The highest BCUT2D eigenvalue weighted by Gasteiger charge is 2.25. The molecule has 0 spiro atoms. The lowest BCUT2D eigenvalue weighted by Crippen LogP contribution is -2.43. The molecule has 0 unspecified atom stereocenters. The van der Waals surface area contributed by atoms with Crippen LogP contribution in [0.5, 0.6) is 0 Å². The fourth-order valence-electron chi connectivity index (χ4n) is 4.24. The van der Waals surface area contributed by atoms with Crippen molar-refractivity contribution in [2.24, 2.45) is 5.92 Å². The van der Waals surface area contributed by atoms with Crippen molar-refractivity contribution in [1.82, 2.24) is 10.2 Å². The van der Waals surface area contributed by atoms with Gasteiger partial charge in [-0.1, -0.05) is 6.07 Å². The van der Waals surface area contributed by atoms with Gasteiger partial charge in [0.1, 0.15) is 6.26 Å². The first kappa shape index (κ1) is 22.6. The first-order chi connectivity index (χ1) is 16.0. The van der Waals surface area contributed by atoms with Gasteiger partial charge >= 0.3 is 11.8 Å². The van der Waals surface area contributed by atoms with Crippen molar-refractivity contribution in [1.29, 1.82) is 0 Å². The molecular weight excluding hydrogens is 424 g/mol. The van der Waals surface area contributed by atoms with Gasteiger partial charge in [-0.25, -0.2) is 0 Å². The average molecular weight is 453 g/mol. The Labute approximate surface area is 192 Å². The first-order valence-corrected chi connectivity index (χ1v) is 11.3. The average Bonchev–Trinajstić information content (AvgIpc) is 3.38. The molecule has 4 amide bonds. The second-order valence-electron chi connectivity index (χ2n) is 8.46. The number of carbonyl (C=O) groups excluding carboxylic acids is 4. The van der Waals surface area contributed by atoms with Crippen molar-refractivity contribution in [3.8, 4) is 0 Å². The summed E-state index contributed by atoms with van der Waals surface area (Å²) in [6, 6.07) is 8.62. The van der Waals surface area contributed by atoms with Crippen molar-refractivity contribution >= 4 is 35.0 Å². The van der Waals surface area contributed by atoms with Gasteiger partial charge in [-0.3, -0.25) is 19.2 Å². The summed E-state index contributed by atoms with van der Waals surface area (Å²) in [4.78, 5) is 52.6. The van der Waals surface area contributed by atoms with Crippen molar-refractivity contribution in [3.05, 3.63) is 48.4 Å². The van der Waals surface area contributed by atoms with E-state index in [0.29, 0.717) is 43.9 Å². The van der Waals surface area contributed by atoms with Crippen molar-refractivity contribution in [2.75, 3.05) is 36.4 Å². The molecule has 1 aromatic carbocycles. The molecule has 2 aliphatic heterocycles. The fourth-order valence-corrected chi connectivity index (χ4v) is 4.24. The van der Waals surface area contributed by atoms with Crippen LogP contribution in [0.1, 0.15) is 42.5 Å². The van der Waals surface area contributed by atoms with Crippen LogP contribution in [0.3, 0.4) is 0 Å². The quantitative estimate of drug-likeness (QED) is 0.677. The lowest BCUT2D eigenvalue weighted by atomic mass is 9.96. The third kappa shape index (κ3) is 5.60. The van der Waals surface area contributed by atoms with Gasteiger partial charge in [0, 0.05) is 44.0 Å². The molecule has 0 bridgehead atoms. The number of hydrogen-bond acceptors (Lipinski definition) is 5. The Bertz CT molecular complexity index is 1010. The highest BCUT2D eigenvalue weighted by molar-refractivity contribution is 6.39. The molecular formula is C24H28N4O5. The number of carbonyl (C=O) groups is 4.